The third-order valence-corrected chi connectivity index (χ3v) is 9.09. The van der Waals surface area contributed by atoms with Crippen molar-refractivity contribution in [2.75, 3.05) is 0 Å². The number of aliphatic hydroxyl groups is 2. The van der Waals surface area contributed by atoms with Gasteiger partial charge in [-0.15, -0.1) is 0 Å². The van der Waals surface area contributed by atoms with Crippen LogP contribution in [0, 0.1) is 0 Å². The Labute approximate surface area is 254 Å². The molecule has 0 aromatic carbocycles. The predicted octanol–water partition coefficient (Wildman–Crippen LogP) is 6.50. The van der Waals surface area contributed by atoms with E-state index in [0.717, 1.165) is 12.8 Å². The summed E-state index contributed by atoms with van der Waals surface area (Å²) in [6, 6.07) is 0. The van der Waals surface area contributed by atoms with Crippen molar-refractivity contribution >= 4 is 11.9 Å². The molecule has 242 valence electrons. The zero-order valence-corrected chi connectivity index (χ0v) is 27.9. The molecule has 0 unspecified atom stereocenters. The van der Waals surface area contributed by atoms with Crippen LogP contribution in [-0.2, 0) is 28.5 Å². The second-order valence-corrected chi connectivity index (χ2v) is 14.0. The van der Waals surface area contributed by atoms with Gasteiger partial charge in [0.05, 0.1) is 23.4 Å². The van der Waals surface area contributed by atoms with E-state index in [-0.39, 0.29) is 12.2 Å². The molecule has 0 bridgehead atoms. The Kier molecular flexibility index (Phi) is 12.9. The lowest BCUT2D eigenvalue weighted by Gasteiger charge is -2.39. The van der Waals surface area contributed by atoms with Gasteiger partial charge in [0.15, 0.2) is 0 Å². The third-order valence-electron chi connectivity index (χ3n) is 9.09. The number of hydrogen-bond donors (Lipinski definition) is 2. The van der Waals surface area contributed by atoms with Crippen molar-refractivity contribution < 1.29 is 38.7 Å². The first-order valence-electron chi connectivity index (χ1n) is 15.7. The summed E-state index contributed by atoms with van der Waals surface area (Å²) in [5.41, 5.74) is -1.23. The molecule has 0 radical (unpaired) electrons. The fourth-order valence-corrected chi connectivity index (χ4v) is 6.38. The Hall–Kier alpha value is -1.74. The summed E-state index contributed by atoms with van der Waals surface area (Å²) in [7, 11) is 0. The molecule has 0 aliphatic carbocycles. The number of rotatable bonds is 15. The van der Waals surface area contributed by atoms with Crippen LogP contribution < -0.4 is 0 Å². The average Bonchev–Trinajstić information content (AvgIpc) is 3.45. The summed E-state index contributed by atoms with van der Waals surface area (Å²) in [6.45, 7) is 18.4. The minimum Gasteiger partial charge on any atom is -0.459 e. The molecule has 2 saturated heterocycles. The van der Waals surface area contributed by atoms with Crippen LogP contribution in [0.4, 0.5) is 0 Å². The normalized spacial score (nSPS) is 30.0. The molecule has 8 nitrogen and oxygen atoms in total. The lowest BCUT2D eigenvalue weighted by atomic mass is 9.85. The zero-order chi connectivity index (χ0) is 31.9. The van der Waals surface area contributed by atoms with Gasteiger partial charge in [0.1, 0.15) is 23.4 Å². The Morgan fingerprint density at radius 2 is 1.10 bits per heavy atom. The van der Waals surface area contributed by atoms with Gasteiger partial charge in [-0.05, 0) is 120 Å². The van der Waals surface area contributed by atoms with Crippen molar-refractivity contribution in [3.63, 3.8) is 0 Å². The van der Waals surface area contributed by atoms with E-state index in [9.17, 15) is 19.8 Å². The molecule has 8 atom stereocenters. The maximum Gasteiger partial charge on any atom is 0.303 e. The van der Waals surface area contributed by atoms with Gasteiger partial charge in [-0.1, -0.05) is 23.3 Å². The molecule has 0 amide bonds. The van der Waals surface area contributed by atoms with Crippen molar-refractivity contribution in [2.45, 2.75) is 180 Å². The fourth-order valence-electron chi connectivity index (χ4n) is 6.38. The van der Waals surface area contributed by atoms with Crippen molar-refractivity contribution in [3.8, 4) is 0 Å². The Balaban J connectivity index is 2.16. The van der Waals surface area contributed by atoms with Crippen molar-refractivity contribution in [2.24, 2.45) is 0 Å². The SMILES string of the molecule is CC(=O)O[C@H](CC[C@@H](OC(C)=O)[C@]1(C)CC[C@H]([C@@](C)(O)CCC=C(C)C)O1)[C@]1(C)CC[C@H]([C@@](C)(O)CCC=C(C)C)O1. The van der Waals surface area contributed by atoms with Gasteiger partial charge >= 0.3 is 11.9 Å². The van der Waals surface area contributed by atoms with Gasteiger partial charge < -0.3 is 29.2 Å². The van der Waals surface area contributed by atoms with Gasteiger partial charge in [-0.3, -0.25) is 9.59 Å². The lowest BCUT2D eigenvalue weighted by molar-refractivity contribution is -0.194. The third kappa shape index (κ3) is 10.5. The molecule has 42 heavy (non-hydrogen) atoms. The molecule has 8 heteroatoms. The number of carbonyl (C=O) groups excluding carboxylic acids is 2. The molecule has 2 heterocycles. The summed E-state index contributed by atoms with van der Waals surface area (Å²) in [5.74, 6) is -0.827. The van der Waals surface area contributed by atoms with Crippen LogP contribution >= 0.6 is 0 Å². The Bertz CT molecular complexity index is 896. The largest absolute Gasteiger partial charge is 0.459 e. The smallest absolute Gasteiger partial charge is 0.303 e. The van der Waals surface area contributed by atoms with Gasteiger partial charge in [0.2, 0.25) is 0 Å². The van der Waals surface area contributed by atoms with Gasteiger partial charge in [-0.2, -0.15) is 0 Å². The molecule has 2 N–H and O–H groups in total. The van der Waals surface area contributed by atoms with Crippen LogP contribution in [0.5, 0.6) is 0 Å². The summed E-state index contributed by atoms with van der Waals surface area (Å²) in [4.78, 5) is 24.4. The first kappa shape index (κ1) is 36.5. The van der Waals surface area contributed by atoms with Crippen molar-refractivity contribution in [3.05, 3.63) is 23.3 Å². The molecular formula is C34H58O8. The lowest BCUT2D eigenvalue weighted by Crippen LogP contribution is -2.49. The Morgan fingerprint density at radius 3 is 1.38 bits per heavy atom. The molecule has 2 aliphatic rings. The summed E-state index contributed by atoms with van der Waals surface area (Å²) in [6.07, 6.45) is 8.21. The molecular weight excluding hydrogens is 536 g/mol. The number of hydrogen-bond acceptors (Lipinski definition) is 8. The molecule has 2 rings (SSSR count). The molecule has 2 aliphatic heterocycles. The van der Waals surface area contributed by atoms with E-state index < -0.39 is 46.6 Å². The van der Waals surface area contributed by atoms with E-state index in [1.165, 1.54) is 25.0 Å². The van der Waals surface area contributed by atoms with Crippen LogP contribution in [0.2, 0.25) is 0 Å². The van der Waals surface area contributed by atoms with E-state index in [1.54, 1.807) is 0 Å². The van der Waals surface area contributed by atoms with Gasteiger partial charge in [-0.25, -0.2) is 0 Å². The number of carbonyl (C=O) groups is 2. The van der Waals surface area contributed by atoms with E-state index in [2.05, 4.69) is 12.2 Å². The quantitative estimate of drug-likeness (QED) is 0.163. The van der Waals surface area contributed by atoms with E-state index >= 15 is 0 Å². The highest BCUT2D eigenvalue weighted by atomic mass is 16.6. The maximum atomic E-state index is 12.2. The van der Waals surface area contributed by atoms with Crippen LogP contribution in [-0.4, -0.2) is 69.0 Å². The van der Waals surface area contributed by atoms with Gasteiger partial charge in [0.25, 0.3) is 0 Å². The minimum atomic E-state index is -1.02. The number of allylic oxidation sites excluding steroid dienone is 4. The van der Waals surface area contributed by atoms with E-state index in [0.29, 0.717) is 51.4 Å². The number of esters is 2. The zero-order valence-electron chi connectivity index (χ0n) is 27.9. The average molecular weight is 595 g/mol. The van der Waals surface area contributed by atoms with Crippen molar-refractivity contribution in [1.82, 2.24) is 0 Å². The van der Waals surface area contributed by atoms with Crippen LogP contribution in [0.1, 0.15) is 133 Å². The van der Waals surface area contributed by atoms with Crippen LogP contribution in [0.3, 0.4) is 0 Å². The van der Waals surface area contributed by atoms with Crippen molar-refractivity contribution in [1.29, 1.82) is 0 Å². The first-order valence-corrected chi connectivity index (χ1v) is 15.7. The molecule has 2 fully saturated rings. The summed E-state index contributed by atoms with van der Waals surface area (Å²) < 4.78 is 24.6. The van der Waals surface area contributed by atoms with Crippen LogP contribution in [0.25, 0.3) is 0 Å². The molecule has 0 spiro atoms. The summed E-state index contributed by atoms with van der Waals surface area (Å²) in [5, 5.41) is 22.5. The monoisotopic (exact) mass is 594 g/mol. The maximum absolute atomic E-state index is 12.2. The Morgan fingerprint density at radius 1 is 0.762 bits per heavy atom. The second-order valence-electron chi connectivity index (χ2n) is 14.0. The van der Waals surface area contributed by atoms with Crippen LogP contribution in [0.15, 0.2) is 23.3 Å². The first-order chi connectivity index (χ1) is 19.3. The molecule has 0 aromatic heterocycles. The second kappa shape index (κ2) is 14.8. The number of ether oxygens (including phenoxy) is 4. The highest BCUT2D eigenvalue weighted by Crippen LogP contribution is 2.44. The molecule has 0 saturated carbocycles. The minimum absolute atomic E-state index is 0.389. The molecule has 0 aromatic rings. The van der Waals surface area contributed by atoms with E-state index in [1.807, 2.05) is 55.4 Å². The summed E-state index contributed by atoms with van der Waals surface area (Å²) >= 11 is 0. The van der Waals surface area contributed by atoms with Gasteiger partial charge in [0, 0.05) is 13.8 Å². The highest BCUT2D eigenvalue weighted by molar-refractivity contribution is 5.66. The van der Waals surface area contributed by atoms with E-state index in [4.69, 9.17) is 18.9 Å². The standard InChI is InChI=1S/C34H58O8/c1-23(2)13-11-19-31(7,37)27-17-21-33(9,41-27)29(39-25(5)35)15-16-30(40-26(6)36)34(10)22-18-28(42-34)32(8,38)20-12-14-24(3)4/h13-14,27-30,37-38H,11-12,15-22H2,1-10H3/t27-,28-,29-,30-,31+,32+,33+,34+/m1/s1. The fraction of sp³-hybridized carbons (Fsp3) is 0.824. The topological polar surface area (TPSA) is 112 Å². The highest BCUT2D eigenvalue weighted by Gasteiger charge is 2.52. The predicted molar refractivity (Wildman–Crippen MR) is 164 cm³/mol.